The molecule has 5 rings (SSSR count). The number of nitrogens with two attached hydrogens (primary N) is 1. The highest BCUT2D eigenvalue weighted by Gasteiger charge is 2.35. The van der Waals surface area contributed by atoms with E-state index < -0.39 is 0 Å². The first-order valence-corrected chi connectivity index (χ1v) is 12.7. The van der Waals surface area contributed by atoms with Crippen LogP contribution in [-0.4, -0.2) is 30.6 Å². The maximum atomic E-state index is 13.4. The molecule has 5 N–H and O–H groups in total. The molecule has 2 heterocycles. The van der Waals surface area contributed by atoms with E-state index in [9.17, 15) is 9.59 Å². The molecule has 2 aromatic rings. The van der Waals surface area contributed by atoms with Crippen LogP contribution in [0.1, 0.15) is 54.1 Å². The second-order valence-corrected chi connectivity index (χ2v) is 10.1. The summed E-state index contributed by atoms with van der Waals surface area (Å²) >= 11 is 0. The molecule has 3 aliphatic rings. The van der Waals surface area contributed by atoms with E-state index in [0.29, 0.717) is 25.4 Å². The fourth-order valence-electron chi connectivity index (χ4n) is 5.59. The number of carbonyl (C=O) groups excluding carboxylic acids is 2. The number of allylic oxidation sites excluding steroid dienone is 1. The monoisotopic (exact) mass is 473 g/mol. The predicted octanol–water partition coefficient (Wildman–Crippen LogP) is 3.02. The Bertz CT molecular complexity index is 1110. The minimum Gasteiger partial charge on any atom is -0.366 e. The van der Waals surface area contributed by atoms with Crippen molar-refractivity contribution < 1.29 is 9.59 Å². The minimum atomic E-state index is -0.165. The predicted molar refractivity (Wildman–Crippen MR) is 137 cm³/mol. The topological polar surface area (TPSA) is 99.5 Å². The molecular formula is C28H35N5O2. The van der Waals surface area contributed by atoms with Crippen LogP contribution >= 0.6 is 0 Å². The third-order valence-electron chi connectivity index (χ3n) is 7.64. The van der Waals surface area contributed by atoms with Gasteiger partial charge in [-0.05, 0) is 74.8 Å². The number of amides is 2. The summed E-state index contributed by atoms with van der Waals surface area (Å²) in [5.41, 5.74) is 10.7. The molecule has 0 radical (unpaired) electrons. The second kappa shape index (κ2) is 10.1. The lowest BCUT2D eigenvalue weighted by Gasteiger charge is -2.35. The van der Waals surface area contributed by atoms with Crippen molar-refractivity contribution in [1.29, 1.82) is 0 Å². The second-order valence-electron chi connectivity index (χ2n) is 10.1. The Labute approximate surface area is 207 Å². The van der Waals surface area contributed by atoms with Gasteiger partial charge in [-0.2, -0.15) is 0 Å². The van der Waals surface area contributed by atoms with Gasteiger partial charge in [-0.3, -0.25) is 9.59 Å². The van der Waals surface area contributed by atoms with E-state index >= 15 is 0 Å². The van der Waals surface area contributed by atoms with Crippen LogP contribution in [0.25, 0.3) is 0 Å². The van der Waals surface area contributed by atoms with E-state index in [1.54, 1.807) is 0 Å². The highest BCUT2D eigenvalue weighted by molar-refractivity contribution is 5.99. The summed E-state index contributed by atoms with van der Waals surface area (Å²) in [7, 11) is 0. The molecule has 2 aliphatic heterocycles. The van der Waals surface area contributed by atoms with Crippen molar-refractivity contribution in [3.63, 3.8) is 0 Å². The Hall–Kier alpha value is -3.32. The van der Waals surface area contributed by atoms with Crippen molar-refractivity contribution >= 4 is 17.5 Å². The van der Waals surface area contributed by atoms with E-state index in [1.165, 1.54) is 5.56 Å². The van der Waals surface area contributed by atoms with E-state index in [1.807, 2.05) is 37.3 Å². The van der Waals surface area contributed by atoms with Crippen LogP contribution < -0.4 is 26.6 Å². The number of hydrogen-bond donors (Lipinski definition) is 4. The first-order chi connectivity index (χ1) is 17.0. The molecule has 0 aromatic heterocycles. The molecule has 0 saturated heterocycles. The van der Waals surface area contributed by atoms with Crippen LogP contribution in [-0.2, 0) is 17.8 Å². The molecule has 35 heavy (non-hydrogen) atoms. The highest BCUT2D eigenvalue weighted by Crippen LogP contribution is 2.31. The van der Waals surface area contributed by atoms with E-state index in [2.05, 4.69) is 45.2 Å². The van der Waals surface area contributed by atoms with Crippen LogP contribution in [0.3, 0.4) is 0 Å². The number of carbonyl (C=O) groups is 2. The van der Waals surface area contributed by atoms with Crippen LogP contribution in [0.15, 0.2) is 60.4 Å². The molecule has 0 spiro atoms. The Morgan fingerprint density at radius 3 is 2.66 bits per heavy atom. The molecule has 184 valence electrons. The van der Waals surface area contributed by atoms with Crippen LogP contribution in [0, 0.1) is 11.8 Å². The quantitative estimate of drug-likeness (QED) is 0.495. The maximum absolute atomic E-state index is 13.4. The average Bonchev–Trinajstić information content (AvgIpc) is 3.46. The number of nitrogens with zero attached hydrogens (tertiary/aromatic N) is 1. The maximum Gasteiger partial charge on any atom is 0.251 e. The molecule has 1 saturated carbocycles. The summed E-state index contributed by atoms with van der Waals surface area (Å²) in [6.45, 7) is 3.31. The van der Waals surface area contributed by atoms with Crippen LogP contribution in [0.2, 0.25) is 0 Å². The zero-order chi connectivity index (χ0) is 24.4. The number of hydrogen-bond acceptors (Lipinski definition) is 5. The number of anilines is 1. The zero-order valence-electron chi connectivity index (χ0n) is 20.3. The van der Waals surface area contributed by atoms with Crippen LogP contribution in [0.5, 0.6) is 0 Å². The van der Waals surface area contributed by atoms with Crippen molar-refractivity contribution in [1.82, 2.24) is 16.0 Å². The summed E-state index contributed by atoms with van der Waals surface area (Å²) < 4.78 is 0. The standard InChI is InChI=1S/C28H35N5O2/c1-18-17-33(23-12-11-22-16-30-28(35)24(22)14-23)26(31-18)25(13-19-5-3-2-4-6-19)32-27(34)21-9-7-20(15-29)8-10-21/h2-6,11-12,14,17,20-21,25-26,31H,7-10,13,15-16,29H2,1H3,(H,30,35)(H,32,34). The first kappa shape index (κ1) is 23.4. The van der Waals surface area contributed by atoms with Gasteiger partial charge in [-0.1, -0.05) is 36.4 Å². The molecule has 2 atom stereocenters. The van der Waals surface area contributed by atoms with Gasteiger partial charge in [0.2, 0.25) is 5.91 Å². The largest absolute Gasteiger partial charge is 0.366 e. The number of rotatable bonds is 7. The van der Waals surface area contributed by atoms with Gasteiger partial charge < -0.3 is 26.6 Å². The van der Waals surface area contributed by atoms with Gasteiger partial charge in [0.25, 0.3) is 5.91 Å². The SMILES string of the molecule is CC1=CN(c2ccc3c(c2)C(=O)NC3)C(C(Cc2ccccc2)NC(=O)C2CCC(CN)CC2)N1. The Morgan fingerprint density at radius 2 is 1.91 bits per heavy atom. The Balaban J connectivity index is 1.39. The van der Waals surface area contributed by atoms with Crippen molar-refractivity contribution in [2.75, 3.05) is 11.4 Å². The third kappa shape index (κ3) is 5.05. The van der Waals surface area contributed by atoms with Crippen molar-refractivity contribution in [3.8, 4) is 0 Å². The summed E-state index contributed by atoms with van der Waals surface area (Å²) in [4.78, 5) is 27.9. The Morgan fingerprint density at radius 1 is 1.14 bits per heavy atom. The lowest BCUT2D eigenvalue weighted by Crippen LogP contribution is -2.56. The summed E-state index contributed by atoms with van der Waals surface area (Å²) in [6.07, 6.45) is 6.42. The molecule has 7 nitrogen and oxygen atoms in total. The lowest BCUT2D eigenvalue weighted by atomic mass is 9.81. The highest BCUT2D eigenvalue weighted by atomic mass is 16.2. The van der Waals surface area contributed by atoms with Gasteiger partial charge in [0.15, 0.2) is 0 Å². The van der Waals surface area contributed by atoms with Crippen molar-refractivity contribution in [2.24, 2.45) is 17.6 Å². The number of fused-ring (bicyclic) bond motifs is 1. The third-order valence-corrected chi connectivity index (χ3v) is 7.64. The number of benzene rings is 2. The van der Waals surface area contributed by atoms with Gasteiger partial charge in [0.05, 0.1) is 6.04 Å². The molecule has 2 aromatic carbocycles. The van der Waals surface area contributed by atoms with E-state index in [0.717, 1.165) is 48.2 Å². The van der Waals surface area contributed by atoms with Gasteiger partial charge in [-0.25, -0.2) is 0 Å². The first-order valence-electron chi connectivity index (χ1n) is 12.7. The molecule has 1 fully saturated rings. The fourth-order valence-corrected chi connectivity index (χ4v) is 5.59. The summed E-state index contributed by atoms with van der Waals surface area (Å²) in [5.74, 6) is 0.660. The van der Waals surface area contributed by atoms with Crippen molar-refractivity contribution in [3.05, 3.63) is 77.1 Å². The van der Waals surface area contributed by atoms with Gasteiger partial charge in [0, 0.05) is 35.6 Å². The lowest BCUT2D eigenvalue weighted by molar-refractivity contribution is -0.127. The fraction of sp³-hybridized carbons (Fsp3) is 0.429. The summed E-state index contributed by atoms with van der Waals surface area (Å²) in [6, 6.07) is 16.1. The molecule has 2 amide bonds. The molecule has 0 bridgehead atoms. The van der Waals surface area contributed by atoms with E-state index in [-0.39, 0.29) is 29.9 Å². The smallest absolute Gasteiger partial charge is 0.251 e. The van der Waals surface area contributed by atoms with Crippen molar-refractivity contribution in [2.45, 2.75) is 57.8 Å². The average molecular weight is 474 g/mol. The molecule has 7 heteroatoms. The van der Waals surface area contributed by atoms with Gasteiger partial charge in [0.1, 0.15) is 6.17 Å². The van der Waals surface area contributed by atoms with Gasteiger partial charge in [-0.15, -0.1) is 0 Å². The number of nitrogens with one attached hydrogen (secondary N) is 3. The van der Waals surface area contributed by atoms with E-state index in [4.69, 9.17) is 5.73 Å². The van der Waals surface area contributed by atoms with Crippen LogP contribution in [0.4, 0.5) is 5.69 Å². The molecule has 2 unspecified atom stereocenters. The minimum absolute atomic E-state index is 0.0312. The molecular weight excluding hydrogens is 438 g/mol. The Kier molecular flexibility index (Phi) is 6.77. The van der Waals surface area contributed by atoms with Gasteiger partial charge >= 0.3 is 0 Å². The zero-order valence-corrected chi connectivity index (χ0v) is 20.3. The molecule has 1 aliphatic carbocycles. The summed E-state index contributed by atoms with van der Waals surface area (Å²) in [5, 5.41) is 9.88. The normalized spacial score (nSPS) is 24.3.